The Morgan fingerprint density at radius 2 is 1.94 bits per heavy atom. The monoisotopic (exact) mass is 485 g/mol. The summed E-state index contributed by atoms with van der Waals surface area (Å²) in [4.78, 5) is 15.2. The minimum atomic E-state index is -0.782. The van der Waals surface area contributed by atoms with E-state index in [2.05, 4.69) is 4.90 Å². The lowest BCUT2D eigenvalue weighted by atomic mass is 9.95. The van der Waals surface area contributed by atoms with Gasteiger partial charge in [-0.3, -0.25) is 9.69 Å². The third-order valence-electron chi connectivity index (χ3n) is 5.84. The number of ether oxygens (including phenoxy) is 2. The van der Waals surface area contributed by atoms with E-state index in [0.29, 0.717) is 42.0 Å². The molecule has 0 bridgehead atoms. The van der Waals surface area contributed by atoms with Crippen LogP contribution in [0.5, 0.6) is 11.5 Å². The number of carboxylic acids is 1. The van der Waals surface area contributed by atoms with Crippen LogP contribution in [0, 0.1) is 0 Å². The Labute approximate surface area is 203 Å². The van der Waals surface area contributed by atoms with Crippen molar-refractivity contribution in [3.8, 4) is 11.5 Å². The molecule has 0 amide bonds. The number of nitrogens with zero attached hydrogens (tertiary/aromatic N) is 1. The number of rotatable bonds is 9. The van der Waals surface area contributed by atoms with Gasteiger partial charge in [0.1, 0.15) is 12.6 Å². The maximum atomic E-state index is 12.1. The second kappa shape index (κ2) is 11.1. The Morgan fingerprint density at radius 3 is 2.64 bits per heavy atom. The lowest BCUT2D eigenvalue weighted by Crippen LogP contribution is -2.46. The van der Waals surface area contributed by atoms with E-state index in [4.69, 9.17) is 21.1 Å². The molecule has 7 heteroatoms. The van der Waals surface area contributed by atoms with Crippen molar-refractivity contribution < 1.29 is 19.4 Å². The highest BCUT2D eigenvalue weighted by Crippen LogP contribution is 2.41. The van der Waals surface area contributed by atoms with Crippen LogP contribution >= 0.6 is 22.9 Å². The molecule has 33 heavy (non-hydrogen) atoms. The SMILES string of the molecule is CCOc1cc(C(c2ccc(Cl)s2)N2CCCCC2C(=O)O)ccc1OCc1ccccc1. The molecule has 1 saturated heterocycles. The van der Waals surface area contributed by atoms with Crippen LogP contribution in [-0.2, 0) is 11.4 Å². The van der Waals surface area contributed by atoms with Crippen LogP contribution in [0.15, 0.2) is 60.7 Å². The Morgan fingerprint density at radius 1 is 1.12 bits per heavy atom. The molecule has 1 aliphatic rings. The molecule has 0 aliphatic carbocycles. The molecule has 2 unspecified atom stereocenters. The van der Waals surface area contributed by atoms with Gasteiger partial charge in [-0.25, -0.2) is 0 Å². The molecule has 5 nitrogen and oxygen atoms in total. The van der Waals surface area contributed by atoms with Crippen molar-refractivity contribution in [1.29, 1.82) is 0 Å². The normalized spacial score (nSPS) is 17.5. The van der Waals surface area contributed by atoms with E-state index in [-0.39, 0.29) is 6.04 Å². The van der Waals surface area contributed by atoms with Crippen LogP contribution in [0.25, 0.3) is 0 Å². The van der Waals surface area contributed by atoms with Gasteiger partial charge in [0, 0.05) is 4.88 Å². The fourth-order valence-electron chi connectivity index (χ4n) is 4.34. The molecular weight excluding hydrogens is 458 g/mol. The van der Waals surface area contributed by atoms with Crippen LogP contribution < -0.4 is 9.47 Å². The highest BCUT2D eigenvalue weighted by atomic mass is 35.5. The first kappa shape index (κ1) is 23.6. The number of carboxylic acid groups (broad SMARTS) is 1. The highest BCUT2D eigenvalue weighted by Gasteiger charge is 2.36. The fourth-order valence-corrected chi connectivity index (χ4v) is 5.55. The fraction of sp³-hybridized carbons (Fsp3) is 0.346. The quantitative estimate of drug-likeness (QED) is 0.379. The molecule has 2 aromatic carbocycles. The molecule has 2 heterocycles. The molecule has 0 radical (unpaired) electrons. The first-order chi connectivity index (χ1) is 16.1. The zero-order chi connectivity index (χ0) is 23.2. The lowest BCUT2D eigenvalue weighted by molar-refractivity contribution is -0.145. The summed E-state index contributed by atoms with van der Waals surface area (Å²) >= 11 is 7.76. The van der Waals surface area contributed by atoms with Gasteiger partial charge in [0.05, 0.1) is 17.0 Å². The van der Waals surface area contributed by atoms with Gasteiger partial charge in [-0.15, -0.1) is 11.3 Å². The van der Waals surface area contributed by atoms with Crippen molar-refractivity contribution in [3.63, 3.8) is 0 Å². The van der Waals surface area contributed by atoms with Crippen molar-refractivity contribution in [3.05, 3.63) is 81.0 Å². The largest absolute Gasteiger partial charge is 0.490 e. The minimum Gasteiger partial charge on any atom is -0.490 e. The van der Waals surface area contributed by atoms with Crippen molar-refractivity contribution in [2.75, 3.05) is 13.2 Å². The van der Waals surface area contributed by atoms with Gasteiger partial charge >= 0.3 is 5.97 Å². The van der Waals surface area contributed by atoms with Gasteiger partial charge in [-0.05, 0) is 61.7 Å². The maximum absolute atomic E-state index is 12.1. The topological polar surface area (TPSA) is 59.0 Å². The number of likely N-dealkylation sites (tertiary alicyclic amines) is 1. The van der Waals surface area contributed by atoms with Gasteiger partial charge in [-0.1, -0.05) is 54.4 Å². The summed E-state index contributed by atoms with van der Waals surface area (Å²) in [5.74, 6) is 0.540. The Hall–Kier alpha value is -2.54. The number of piperidine rings is 1. The summed E-state index contributed by atoms with van der Waals surface area (Å²) in [7, 11) is 0. The molecule has 0 saturated carbocycles. The van der Waals surface area contributed by atoms with E-state index in [1.165, 1.54) is 11.3 Å². The second-order valence-electron chi connectivity index (χ2n) is 8.05. The van der Waals surface area contributed by atoms with Gasteiger partial charge < -0.3 is 14.6 Å². The standard InChI is InChI=1S/C26H28ClNO4S/c1-2-31-22-16-19(11-12-21(22)32-17-18-8-4-3-5-9-18)25(23-13-14-24(27)33-23)28-15-7-6-10-20(28)26(29)30/h3-5,8-9,11-14,16,20,25H,2,6-7,10,15,17H2,1H3,(H,29,30). The zero-order valence-electron chi connectivity index (χ0n) is 18.6. The van der Waals surface area contributed by atoms with Crippen LogP contribution in [0.2, 0.25) is 4.34 Å². The molecule has 1 aliphatic heterocycles. The predicted molar refractivity (Wildman–Crippen MR) is 132 cm³/mol. The molecule has 1 N–H and O–H groups in total. The van der Waals surface area contributed by atoms with Crippen LogP contribution in [-0.4, -0.2) is 35.2 Å². The van der Waals surface area contributed by atoms with E-state index < -0.39 is 12.0 Å². The first-order valence-corrected chi connectivity index (χ1v) is 12.4. The number of carbonyl (C=O) groups is 1. The highest BCUT2D eigenvalue weighted by molar-refractivity contribution is 7.16. The third kappa shape index (κ3) is 5.69. The smallest absolute Gasteiger partial charge is 0.320 e. The average Bonchev–Trinajstić information content (AvgIpc) is 3.25. The summed E-state index contributed by atoms with van der Waals surface area (Å²) in [6.45, 7) is 3.60. The Balaban J connectivity index is 1.68. The second-order valence-corrected chi connectivity index (χ2v) is 9.79. The zero-order valence-corrected chi connectivity index (χ0v) is 20.1. The molecule has 4 rings (SSSR count). The Bertz CT molecular complexity index is 1070. The van der Waals surface area contributed by atoms with Gasteiger partial charge in [-0.2, -0.15) is 0 Å². The van der Waals surface area contributed by atoms with E-state index in [9.17, 15) is 9.90 Å². The number of halogens is 1. The van der Waals surface area contributed by atoms with E-state index in [0.717, 1.165) is 28.8 Å². The van der Waals surface area contributed by atoms with Crippen molar-refractivity contribution in [2.24, 2.45) is 0 Å². The number of thiophene rings is 1. The van der Waals surface area contributed by atoms with Crippen LogP contribution in [0.3, 0.4) is 0 Å². The van der Waals surface area contributed by atoms with Crippen molar-refractivity contribution in [1.82, 2.24) is 4.90 Å². The molecule has 3 aromatic rings. The van der Waals surface area contributed by atoms with Crippen molar-refractivity contribution >= 4 is 28.9 Å². The minimum absolute atomic E-state index is 0.216. The summed E-state index contributed by atoms with van der Waals surface area (Å²) in [5, 5.41) is 9.91. The van der Waals surface area contributed by atoms with Gasteiger partial charge in [0.2, 0.25) is 0 Å². The number of aliphatic carboxylic acids is 1. The van der Waals surface area contributed by atoms with Gasteiger partial charge in [0.15, 0.2) is 11.5 Å². The molecule has 174 valence electrons. The van der Waals surface area contributed by atoms with E-state index in [1.807, 2.05) is 67.6 Å². The molecule has 0 spiro atoms. The third-order valence-corrected chi connectivity index (χ3v) is 7.13. The first-order valence-electron chi connectivity index (χ1n) is 11.2. The molecule has 1 aromatic heterocycles. The number of benzene rings is 2. The van der Waals surface area contributed by atoms with Crippen molar-refractivity contribution in [2.45, 2.75) is 44.9 Å². The lowest BCUT2D eigenvalue weighted by Gasteiger charge is -2.39. The van der Waals surface area contributed by atoms with Crippen LogP contribution in [0.4, 0.5) is 0 Å². The van der Waals surface area contributed by atoms with E-state index >= 15 is 0 Å². The number of hydrogen-bond donors (Lipinski definition) is 1. The Kier molecular flexibility index (Phi) is 7.91. The summed E-state index contributed by atoms with van der Waals surface area (Å²) in [6.07, 6.45) is 2.53. The molecular formula is C26H28ClNO4S. The summed E-state index contributed by atoms with van der Waals surface area (Å²) < 4.78 is 12.7. The average molecular weight is 486 g/mol. The molecule has 2 atom stereocenters. The number of hydrogen-bond acceptors (Lipinski definition) is 5. The molecule has 1 fully saturated rings. The maximum Gasteiger partial charge on any atom is 0.320 e. The van der Waals surface area contributed by atoms with Crippen LogP contribution in [0.1, 0.15) is 48.2 Å². The van der Waals surface area contributed by atoms with E-state index in [1.54, 1.807) is 0 Å². The summed E-state index contributed by atoms with van der Waals surface area (Å²) in [5.41, 5.74) is 2.05. The van der Waals surface area contributed by atoms with Gasteiger partial charge in [0.25, 0.3) is 0 Å². The predicted octanol–water partition coefficient (Wildman–Crippen LogP) is 6.41. The summed E-state index contributed by atoms with van der Waals surface area (Å²) in [6, 6.07) is 19.0.